The van der Waals surface area contributed by atoms with Gasteiger partial charge in [-0.05, 0) is 25.0 Å². The van der Waals surface area contributed by atoms with E-state index in [4.69, 9.17) is 26.6 Å². The van der Waals surface area contributed by atoms with E-state index >= 15 is 0 Å². The Bertz CT molecular complexity index is 603. The molecule has 20 heavy (non-hydrogen) atoms. The standard InChI is InChI=1S/C14H14ClFN2O2/c15-9-4-1-5-10(16)11(9)12-13(20-18-14(12)17)8-3-2-6-19-7-8/h1,4-5,8H,2-3,6-7H2,(H2,17,18). The molecule has 0 spiro atoms. The van der Waals surface area contributed by atoms with Crippen LogP contribution in [-0.2, 0) is 4.74 Å². The lowest BCUT2D eigenvalue weighted by molar-refractivity contribution is 0.0723. The summed E-state index contributed by atoms with van der Waals surface area (Å²) in [7, 11) is 0. The highest BCUT2D eigenvalue weighted by Crippen LogP contribution is 2.41. The van der Waals surface area contributed by atoms with E-state index in [0.29, 0.717) is 17.9 Å². The Morgan fingerprint density at radius 2 is 2.20 bits per heavy atom. The molecule has 1 saturated heterocycles. The number of benzene rings is 1. The van der Waals surface area contributed by atoms with Crippen molar-refractivity contribution in [3.05, 3.63) is 34.8 Å². The zero-order chi connectivity index (χ0) is 14.1. The van der Waals surface area contributed by atoms with Gasteiger partial charge in [-0.1, -0.05) is 22.8 Å². The minimum absolute atomic E-state index is 0.0271. The molecule has 0 saturated carbocycles. The Morgan fingerprint density at radius 1 is 1.35 bits per heavy atom. The van der Waals surface area contributed by atoms with Gasteiger partial charge in [0.1, 0.15) is 5.82 Å². The molecule has 1 aliphatic heterocycles. The lowest BCUT2D eigenvalue weighted by atomic mass is 9.93. The molecule has 106 valence electrons. The Hall–Kier alpha value is -1.59. The smallest absolute Gasteiger partial charge is 0.175 e. The van der Waals surface area contributed by atoms with Crippen LogP contribution >= 0.6 is 11.6 Å². The second-order valence-corrected chi connectivity index (χ2v) is 5.22. The van der Waals surface area contributed by atoms with E-state index in [-0.39, 0.29) is 22.3 Å². The number of nitrogens with two attached hydrogens (primary N) is 1. The van der Waals surface area contributed by atoms with E-state index in [1.54, 1.807) is 12.1 Å². The maximum atomic E-state index is 14.1. The third-order valence-corrected chi connectivity index (χ3v) is 3.80. The third kappa shape index (κ3) is 2.27. The van der Waals surface area contributed by atoms with Crippen LogP contribution in [0.15, 0.2) is 22.7 Å². The topological polar surface area (TPSA) is 61.3 Å². The second-order valence-electron chi connectivity index (χ2n) is 4.82. The summed E-state index contributed by atoms with van der Waals surface area (Å²) < 4.78 is 24.9. The number of aromatic nitrogens is 1. The van der Waals surface area contributed by atoms with Gasteiger partial charge < -0.3 is 15.0 Å². The molecule has 0 radical (unpaired) electrons. The quantitative estimate of drug-likeness (QED) is 0.919. The highest BCUT2D eigenvalue weighted by molar-refractivity contribution is 6.33. The summed E-state index contributed by atoms with van der Waals surface area (Å²) in [6.07, 6.45) is 1.82. The SMILES string of the molecule is Nc1noc(C2CCCOC2)c1-c1c(F)cccc1Cl. The van der Waals surface area contributed by atoms with Crippen molar-refractivity contribution in [3.8, 4) is 11.1 Å². The molecule has 1 aromatic carbocycles. The number of ether oxygens (including phenoxy) is 1. The van der Waals surface area contributed by atoms with Crippen LogP contribution in [0.1, 0.15) is 24.5 Å². The zero-order valence-corrected chi connectivity index (χ0v) is 11.5. The number of hydrogen-bond donors (Lipinski definition) is 1. The van der Waals surface area contributed by atoms with Crippen LogP contribution in [0.5, 0.6) is 0 Å². The fourth-order valence-electron chi connectivity index (χ4n) is 2.53. The summed E-state index contributed by atoms with van der Waals surface area (Å²) >= 11 is 6.11. The molecule has 2 heterocycles. The average molecular weight is 297 g/mol. The van der Waals surface area contributed by atoms with Crippen LogP contribution < -0.4 is 5.73 Å². The van der Waals surface area contributed by atoms with Gasteiger partial charge in [-0.3, -0.25) is 0 Å². The predicted molar refractivity (Wildman–Crippen MR) is 74.1 cm³/mol. The predicted octanol–water partition coefficient (Wildman–Crippen LogP) is 3.61. The maximum absolute atomic E-state index is 14.1. The van der Waals surface area contributed by atoms with Crippen LogP contribution in [0.4, 0.5) is 10.2 Å². The van der Waals surface area contributed by atoms with E-state index in [1.807, 2.05) is 0 Å². The van der Waals surface area contributed by atoms with Gasteiger partial charge in [0.25, 0.3) is 0 Å². The molecule has 1 unspecified atom stereocenters. The molecule has 1 fully saturated rings. The first-order chi connectivity index (χ1) is 9.68. The fraction of sp³-hybridized carbons (Fsp3) is 0.357. The summed E-state index contributed by atoms with van der Waals surface area (Å²) in [6.45, 7) is 1.25. The third-order valence-electron chi connectivity index (χ3n) is 3.49. The van der Waals surface area contributed by atoms with Crippen LogP contribution in [0.3, 0.4) is 0 Å². The number of anilines is 1. The first kappa shape index (κ1) is 13.4. The van der Waals surface area contributed by atoms with Crippen molar-refractivity contribution in [2.45, 2.75) is 18.8 Å². The molecule has 0 bridgehead atoms. The molecule has 0 aliphatic carbocycles. The molecule has 1 aliphatic rings. The van der Waals surface area contributed by atoms with E-state index in [9.17, 15) is 4.39 Å². The summed E-state index contributed by atoms with van der Waals surface area (Å²) in [5.41, 5.74) is 6.54. The van der Waals surface area contributed by atoms with E-state index in [2.05, 4.69) is 5.16 Å². The lowest BCUT2D eigenvalue weighted by Gasteiger charge is -2.20. The van der Waals surface area contributed by atoms with E-state index < -0.39 is 5.82 Å². The monoisotopic (exact) mass is 296 g/mol. The number of halogens is 2. The van der Waals surface area contributed by atoms with Gasteiger partial charge in [-0.15, -0.1) is 0 Å². The van der Waals surface area contributed by atoms with Crippen molar-refractivity contribution in [1.82, 2.24) is 5.16 Å². The molecule has 2 aromatic rings. The number of nitrogens with zero attached hydrogens (tertiary/aromatic N) is 1. The zero-order valence-electron chi connectivity index (χ0n) is 10.7. The fourth-order valence-corrected chi connectivity index (χ4v) is 2.79. The molecule has 0 amide bonds. The van der Waals surface area contributed by atoms with E-state index in [1.165, 1.54) is 6.07 Å². The summed E-state index contributed by atoms with van der Waals surface area (Å²) in [6, 6.07) is 4.51. The number of hydrogen-bond acceptors (Lipinski definition) is 4. The van der Waals surface area contributed by atoms with E-state index in [0.717, 1.165) is 19.4 Å². The summed E-state index contributed by atoms with van der Waals surface area (Å²) in [5, 5.41) is 4.06. The van der Waals surface area contributed by atoms with Crippen LogP contribution in [-0.4, -0.2) is 18.4 Å². The number of nitrogen functional groups attached to an aromatic ring is 1. The van der Waals surface area contributed by atoms with Crippen molar-refractivity contribution in [1.29, 1.82) is 0 Å². The van der Waals surface area contributed by atoms with Gasteiger partial charge in [0.2, 0.25) is 0 Å². The van der Waals surface area contributed by atoms with Gasteiger partial charge in [0, 0.05) is 18.1 Å². The van der Waals surface area contributed by atoms with Crippen molar-refractivity contribution < 1.29 is 13.7 Å². The average Bonchev–Trinajstić information content (AvgIpc) is 2.82. The molecule has 2 N–H and O–H groups in total. The van der Waals surface area contributed by atoms with Gasteiger partial charge in [-0.25, -0.2) is 4.39 Å². The normalized spacial score (nSPS) is 19.2. The molecule has 1 atom stereocenters. The molecular weight excluding hydrogens is 283 g/mol. The largest absolute Gasteiger partial charge is 0.381 e. The Kier molecular flexibility index (Phi) is 3.63. The van der Waals surface area contributed by atoms with Crippen LogP contribution in [0, 0.1) is 5.82 Å². The maximum Gasteiger partial charge on any atom is 0.175 e. The number of rotatable bonds is 2. The van der Waals surface area contributed by atoms with Crippen LogP contribution in [0.25, 0.3) is 11.1 Å². The Balaban J connectivity index is 2.11. The minimum atomic E-state index is -0.439. The Morgan fingerprint density at radius 3 is 2.90 bits per heavy atom. The second kappa shape index (κ2) is 5.42. The molecule has 6 heteroatoms. The van der Waals surface area contributed by atoms with Gasteiger partial charge in [0.15, 0.2) is 11.6 Å². The van der Waals surface area contributed by atoms with Gasteiger partial charge in [-0.2, -0.15) is 0 Å². The molecular formula is C14H14ClFN2O2. The highest BCUT2D eigenvalue weighted by Gasteiger charge is 2.28. The first-order valence-corrected chi connectivity index (χ1v) is 6.83. The Labute approximate surface area is 120 Å². The minimum Gasteiger partial charge on any atom is -0.381 e. The van der Waals surface area contributed by atoms with Crippen LogP contribution in [0.2, 0.25) is 5.02 Å². The summed E-state index contributed by atoms with van der Waals surface area (Å²) in [5.74, 6) is 0.288. The highest BCUT2D eigenvalue weighted by atomic mass is 35.5. The first-order valence-electron chi connectivity index (χ1n) is 6.45. The summed E-state index contributed by atoms with van der Waals surface area (Å²) in [4.78, 5) is 0. The van der Waals surface area contributed by atoms with Gasteiger partial charge >= 0.3 is 0 Å². The molecule has 1 aromatic heterocycles. The van der Waals surface area contributed by atoms with Crippen molar-refractivity contribution >= 4 is 17.4 Å². The van der Waals surface area contributed by atoms with Crippen molar-refractivity contribution in [2.75, 3.05) is 18.9 Å². The van der Waals surface area contributed by atoms with Crippen molar-refractivity contribution in [2.24, 2.45) is 0 Å². The van der Waals surface area contributed by atoms with Gasteiger partial charge in [0.05, 0.1) is 17.2 Å². The molecule has 3 rings (SSSR count). The molecule has 4 nitrogen and oxygen atoms in total. The lowest BCUT2D eigenvalue weighted by Crippen LogP contribution is -2.15. The van der Waals surface area contributed by atoms with Crippen molar-refractivity contribution in [3.63, 3.8) is 0 Å².